The van der Waals surface area contributed by atoms with Crippen LogP contribution in [0.25, 0.3) is 0 Å². The van der Waals surface area contributed by atoms with E-state index in [1.54, 1.807) is 43.5 Å². The molecule has 0 atom stereocenters. The first-order chi connectivity index (χ1) is 16.3. The zero-order chi connectivity index (χ0) is 24.7. The van der Waals surface area contributed by atoms with Gasteiger partial charge < -0.3 is 24.4 Å². The van der Waals surface area contributed by atoms with Crippen LogP contribution in [0.5, 0.6) is 17.2 Å². The van der Waals surface area contributed by atoms with Crippen molar-refractivity contribution >= 4 is 11.9 Å². The number of ether oxygens (including phenoxy) is 3. The summed E-state index contributed by atoms with van der Waals surface area (Å²) < 4.78 is 15.9. The van der Waals surface area contributed by atoms with Gasteiger partial charge in [-0.3, -0.25) is 0 Å². The second-order valence-electron chi connectivity index (χ2n) is 7.87. The van der Waals surface area contributed by atoms with Gasteiger partial charge in [-0.2, -0.15) is 0 Å². The highest BCUT2D eigenvalue weighted by atomic mass is 16.5. The maximum absolute atomic E-state index is 11.3. The summed E-state index contributed by atoms with van der Waals surface area (Å²) >= 11 is 0. The van der Waals surface area contributed by atoms with E-state index in [9.17, 15) is 19.8 Å². The Morgan fingerprint density at radius 1 is 0.588 bits per heavy atom. The van der Waals surface area contributed by atoms with Gasteiger partial charge in [0.2, 0.25) is 0 Å². The van der Waals surface area contributed by atoms with E-state index < -0.39 is 11.9 Å². The summed E-state index contributed by atoms with van der Waals surface area (Å²) in [5, 5.41) is 18.5. The summed E-state index contributed by atoms with van der Waals surface area (Å²) in [6.07, 6.45) is 2.94. The van der Waals surface area contributed by atoms with Gasteiger partial charge in [0.1, 0.15) is 28.4 Å². The number of methoxy groups -OCH3 is 3. The molecule has 0 unspecified atom stereocenters. The molecule has 0 spiro atoms. The van der Waals surface area contributed by atoms with E-state index in [1.807, 2.05) is 12.1 Å². The van der Waals surface area contributed by atoms with Gasteiger partial charge in [0.25, 0.3) is 0 Å². The van der Waals surface area contributed by atoms with E-state index in [0.29, 0.717) is 11.5 Å². The molecule has 3 aromatic rings. The van der Waals surface area contributed by atoms with Crippen LogP contribution in [-0.2, 0) is 25.7 Å². The van der Waals surface area contributed by atoms with Gasteiger partial charge in [-0.1, -0.05) is 18.2 Å². The molecule has 0 saturated heterocycles. The SMILES string of the molecule is COc1cc(CCc2ccc(C(=O)O)c(OC)c2)cc(CCc2ccc(C(=O)O)c(OC)c2)c1. The van der Waals surface area contributed by atoms with Crippen LogP contribution in [0.4, 0.5) is 0 Å². The van der Waals surface area contributed by atoms with Crippen molar-refractivity contribution in [3.63, 3.8) is 0 Å². The molecule has 0 aliphatic carbocycles. The third-order valence-electron chi connectivity index (χ3n) is 5.66. The fourth-order valence-corrected chi connectivity index (χ4v) is 3.85. The number of carboxylic acid groups (broad SMARTS) is 2. The molecule has 0 amide bonds. The van der Waals surface area contributed by atoms with Gasteiger partial charge in [-0.05, 0) is 84.3 Å². The Hall–Kier alpha value is -4.00. The zero-order valence-corrected chi connectivity index (χ0v) is 19.5. The largest absolute Gasteiger partial charge is 0.497 e. The van der Waals surface area contributed by atoms with Crippen LogP contribution in [0.3, 0.4) is 0 Å². The molecule has 7 heteroatoms. The van der Waals surface area contributed by atoms with E-state index in [1.165, 1.54) is 14.2 Å². The van der Waals surface area contributed by atoms with Crippen molar-refractivity contribution in [2.24, 2.45) is 0 Å². The molecule has 3 aromatic carbocycles. The minimum Gasteiger partial charge on any atom is -0.497 e. The second-order valence-corrected chi connectivity index (χ2v) is 7.87. The van der Waals surface area contributed by atoms with Crippen molar-refractivity contribution in [1.29, 1.82) is 0 Å². The molecule has 0 fully saturated rings. The number of rotatable bonds is 11. The summed E-state index contributed by atoms with van der Waals surface area (Å²) in [7, 11) is 4.56. The molecule has 0 aliphatic heterocycles. The van der Waals surface area contributed by atoms with Crippen LogP contribution in [0, 0.1) is 0 Å². The first-order valence-electron chi connectivity index (χ1n) is 10.8. The lowest BCUT2D eigenvalue weighted by molar-refractivity contribution is 0.0682. The van der Waals surface area contributed by atoms with Crippen LogP contribution < -0.4 is 14.2 Å². The van der Waals surface area contributed by atoms with Gasteiger partial charge in [0.15, 0.2) is 0 Å². The minimum atomic E-state index is -1.02. The molecule has 0 aliphatic rings. The van der Waals surface area contributed by atoms with Crippen molar-refractivity contribution < 1.29 is 34.0 Å². The molecule has 0 saturated carbocycles. The Labute approximate surface area is 198 Å². The normalized spacial score (nSPS) is 10.6. The molecule has 3 rings (SSSR count). The lowest BCUT2D eigenvalue weighted by atomic mass is 9.97. The molecule has 34 heavy (non-hydrogen) atoms. The average Bonchev–Trinajstić information content (AvgIpc) is 2.85. The van der Waals surface area contributed by atoms with Crippen molar-refractivity contribution in [2.45, 2.75) is 25.7 Å². The Morgan fingerprint density at radius 2 is 1.00 bits per heavy atom. The van der Waals surface area contributed by atoms with E-state index in [-0.39, 0.29) is 11.1 Å². The number of aromatic carboxylic acids is 2. The van der Waals surface area contributed by atoms with Crippen molar-refractivity contribution in [1.82, 2.24) is 0 Å². The van der Waals surface area contributed by atoms with Crippen LogP contribution >= 0.6 is 0 Å². The second kappa shape index (κ2) is 11.2. The lowest BCUT2D eigenvalue weighted by Crippen LogP contribution is -2.02. The van der Waals surface area contributed by atoms with Crippen LogP contribution in [0.2, 0.25) is 0 Å². The predicted molar refractivity (Wildman–Crippen MR) is 128 cm³/mol. The predicted octanol–water partition coefficient (Wildman–Crippen LogP) is 4.68. The average molecular weight is 465 g/mol. The van der Waals surface area contributed by atoms with Crippen LogP contribution in [-0.4, -0.2) is 43.5 Å². The number of hydrogen-bond donors (Lipinski definition) is 2. The fourth-order valence-electron chi connectivity index (χ4n) is 3.85. The summed E-state index contributed by atoms with van der Waals surface area (Å²) in [5.41, 5.74) is 4.46. The number of aryl methyl sites for hydroxylation is 4. The quantitative estimate of drug-likeness (QED) is 0.425. The minimum absolute atomic E-state index is 0.142. The molecule has 0 aromatic heterocycles. The van der Waals surface area contributed by atoms with Crippen molar-refractivity contribution in [2.75, 3.05) is 21.3 Å². The molecule has 0 bridgehead atoms. The van der Waals surface area contributed by atoms with Gasteiger partial charge in [-0.25, -0.2) is 9.59 Å². The molecule has 178 valence electrons. The Balaban J connectivity index is 1.72. The Kier molecular flexibility index (Phi) is 8.14. The molecule has 0 radical (unpaired) electrons. The molecule has 7 nitrogen and oxygen atoms in total. The van der Waals surface area contributed by atoms with Crippen LogP contribution in [0.15, 0.2) is 54.6 Å². The fraction of sp³-hybridized carbons (Fsp3) is 0.259. The summed E-state index contributed by atoms with van der Waals surface area (Å²) in [6, 6.07) is 16.4. The van der Waals surface area contributed by atoms with E-state index in [2.05, 4.69) is 6.07 Å². The maximum Gasteiger partial charge on any atom is 0.339 e. The summed E-state index contributed by atoms with van der Waals surface area (Å²) in [6.45, 7) is 0. The van der Waals surface area contributed by atoms with Crippen LogP contribution in [0.1, 0.15) is 43.0 Å². The highest BCUT2D eigenvalue weighted by Gasteiger charge is 2.13. The van der Waals surface area contributed by atoms with Crippen molar-refractivity contribution in [3.8, 4) is 17.2 Å². The first kappa shape index (κ1) is 24.6. The monoisotopic (exact) mass is 464 g/mol. The lowest BCUT2D eigenvalue weighted by Gasteiger charge is -2.12. The number of carboxylic acids is 2. The Bertz CT molecular complexity index is 1100. The van der Waals surface area contributed by atoms with E-state index in [0.717, 1.165) is 53.7 Å². The number of benzene rings is 3. The third kappa shape index (κ3) is 6.07. The summed E-state index contributed by atoms with van der Waals surface area (Å²) in [5.74, 6) is -0.571. The highest BCUT2D eigenvalue weighted by molar-refractivity contribution is 5.91. The number of hydrogen-bond acceptors (Lipinski definition) is 5. The highest BCUT2D eigenvalue weighted by Crippen LogP contribution is 2.25. The third-order valence-corrected chi connectivity index (χ3v) is 5.66. The Morgan fingerprint density at radius 3 is 1.35 bits per heavy atom. The van der Waals surface area contributed by atoms with Gasteiger partial charge in [0.05, 0.1) is 21.3 Å². The topological polar surface area (TPSA) is 102 Å². The van der Waals surface area contributed by atoms with E-state index >= 15 is 0 Å². The molecular formula is C27H28O7. The molecule has 0 heterocycles. The standard InChI is InChI=1S/C27H28O7/c1-32-21-13-19(6-4-17-8-10-22(26(28)29)24(15-17)33-2)12-20(14-21)7-5-18-9-11-23(27(30)31)25(16-18)34-3/h8-16H,4-7H2,1-3H3,(H,28,29)(H,30,31). The van der Waals surface area contributed by atoms with Gasteiger partial charge >= 0.3 is 11.9 Å². The smallest absolute Gasteiger partial charge is 0.339 e. The van der Waals surface area contributed by atoms with E-state index in [4.69, 9.17) is 14.2 Å². The number of carbonyl (C=O) groups is 2. The van der Waals surface area contributed by atoms with Gasteiger partial charge in [0, 0.05) is 0 Å². The zero-order valence-electron chi connectivity index (χ0n) is 19.5. The van der Waals surface area contributed by atoms with Crippen molar-refractivity contribution in [3.05, 3.63) is 88.0 Å². The first-order valence-corrected chi connectivity index (χ1v) is 10.8. The maximum atomic E-state index is 11.3. The van der Waals surface area contributed by atoms with Gasteiger partial charge in [-0.15, -0.1) is 0 Å². The summed E-state index contributed by atoms with van der Waals surface area (Å²) in [4.78, 5) is 22.6. The molecule has 2 N–H and O–H groups in total. The molecular weight excluding hydrogens is 436 g/mol.